The number of anilines is 1. The van der Waals surface area contributed by atoms with Crippen molar-refractivity contribution in [2.24, 2.45) is 0 Å². The summed E-state index contributed by atoms with van der Waals surface area (Å²) in [5.41, 5.74) is 0.583. The molecule has 1 N–H and O–H groups in total. The van der Waals surface area contributed by atoms with Gasteiger partial charge in [-0.2, -0.15) is 0 Å². The van der Waals surface area contributed by atoms with Gasteiger partial charge in [-0.05, 0) is 25.1 Å². The zero-order valence-corrected chi connectivity index (χ0v) is 15.4. The van der Waals surface area contributed by atoms with Crippen molar-refractivity contribution in [3.05, 3.63) is 57.0 Å². The Bertz CT molecular complexity index is 795. The van der Waals surface area contributed by atoms with Crippen LogP contribution in [0.2, 0.25) is 15.1 Å². The topological polar surface area (TPSA) is 64.6 Å². The summed E-state index contributed by atoms with van der Waals surface area (Å²) in [6, 6.07) is 9.37. The Balaban J connectivity index is 2.04. The lowest BCUT2D eigenvalue weighted by Gasteiger charge is -2.12. The van der Waals surface area contributed by atoms with Crippen molar-refractivity contribution in [3.8, 4) is 5.75 Å². The molecule has 1 amide bonds. The van der Waals surface area contributed by atoms with Gasteiger partial charge in [0.25, 0.3) is 5.91 Å². The lowest BCUT2D eigenvalue weighted by Crippen LogP contribution is -2.22. The number of hydrogen-bond donors (Lipinski definition) is 1. The van der Waals surface area contributed by atoms with E-state index in [1.165, 1.54) is 12.1 Å². The van der Waals surface area contributed by atoms with Gasteiger partial charge in [-0.15, -0.1) is 0 Å². The van der Waals surface area contributed by atoms with Gasteiger partial charge in [0, 0.05) is 6.07 Å². The maximum absolute atomic E-state index is 12.1. The summed E-state index contributed by atoms with van der Waals surface area (Å²) < 4.78 is 10.3. The molecule has 0 aliphatic rings. The van der Waals surface area contributed by atoms with Gasteiger partial charge in [-0.25, -0.2) is 4.79 Å². The van der Waals surface area contributed by atoms with Crippen molar-refractivity contribution in [3.63, 3.8) is 0 Å². The van der Waals surface area contributed by atoms with Gasteiger partial charge in [0.2, 0.25) is 0 Å². The lowest BCUT2D eigenvalue weighted by molar-refractivity contribution is -0.118. The van der Waals surface area contributed by atoms with E-state index in [4.69, 9.17) is 44.3 Å². The molecule has 0 saturated carbocycles. The zero-order valence-electron chi connectivity index (χ0n) is 13.1. The molecule has 0 fully saturated rings. The SMILES string of the molecule is CCOC(=O)c1ccccc1NC(=O)COc1cc(Cl)c(Cl)cc1Cl. The maximum atomic E-state index is 12.1. The van der Waals surface area contributed by atoms with Crippen LogP contribution in [0.15, 0.2) is 36.4 Å². The summed E-state index contributed by atoms with van der Waals surface area (Å²) in [4.78, 5) is 24.0. The normalized spacial score (nSPS) is 10.2. The highest BCUT2D eigenvalue weighted by molar-refractivity contribution is 6.43. The fourth-order valence-electron chi connectivity index (χ4n) is 1.92. The van der Waals surface area contributed by atoms with E-state index >= 15 is 0 Å². The van der Waals surface area contributed by atoms with E-state index in [0.29, 0.717) is 5.69 Å². The summed E-state index contributed by atoms with van der Waals surface area (Å²) in [6.45, 7) is 1.61. The molecule has 0 saturated heterocycles. The van der Waals surface area contributed by atoms with E-state index in [-0.39, 0.29) is 39.6 Å². The molecule has 0 heterocycles. The predicted octanol–water partition coefficient (Wildman–Crippen LogP) is 4.84. The highest BCUT2D eigenvalue weighted by atomic mass is 35.5. The second-order valence-electron chi connectivity index (χ2n) is 4.80. The van der Waals surface area contributed by atoms with Crippen molar-refractivity contribution in [2.45, 2.75) is 6.92 Å². The van der Waals surface area contributed by atoms with Crippen LogP contribution in [0.4, 0.5) is 5.69 Å². The second-order valence-corrected chi connectivity index (χ2v) is 6.02. The Morgan fingerprint density at radius 1 is 1.04 bits per heavy atom. The third-order valence-corrected chi connectivity index (χ3v) is 4.05. The van der Waals surface area contributed by atoms with E-state index in [1.54, 1.807) is 31.2 Å². The molecule has 0 aromatic heterocycles. The summed E-state index contributed by atoms with van der Waals surface area (Å²) >= 11 is 17.7. The Morgan fingerprint density at radius 3 is 2.44 bits per heavy atom. The largest absolute Gasteiger partial charge is 0.482 e. The van der Waals surface area contributed by atoms with Crippen LogP contribution in [0, 0.1) is 0 Å². The fraction of sp³-hybridized carbons (Fsp3) is 0.176. The van der Waals surface area contributed by atoms with Crippen molar-refractivity contribution >= 4 is 52.4 Å². The van der Waals surface area contributed by atoms with Crippen molar-refractivity contribution in [2.75, 3.05) is 18.5 Å². The lowest BCUT2D eigenvalue weighted by atomic mass is 10.2. The maximum Gasteiger partial charge on any atom is 0.340 e. The minimum Gasteiger partial charge on any atom is -0.482 e. The van der Waals surface area contributed by atoms with E-state index < -0.39 is 11.9 Å². The second kappa shape index (κ2) is 8.94. The molecule has 0 spiro atoms. The predicted molar refractivity (Wildman–Crippen MR) is 98.0 cm³/mol. The van der Waals surface area contributed by atoms with Crippen LogP contribution in [0.1, 0.15) is 17.3 Å². The molecular weight excluding hydrogens is 389 g/mol. The Labute approximate surface area is 159 Å². The number of benzene rings is 2. The van der Waals surface area contributed by atoms with Gasteiger partial charge < -0.3 is 14.8 Å². The van der Waals surface area contributed by atoms with Gasteiger partial charge in [0.05, 0.1) is 32.9 Å². The monoisotopic (exact) mass is 401 g/mol. The highest BCUT2D eigenvalue weighted by Gasteiger charge is 2.15. The quantitative estimate of drug-likeness (QED) is 0.554. The highest BCUT2D eigenvalue weighted by Crippen LogP contribution is 2.33. The van der Waals surface area contributed by atoms with E-state index in [9.17, 15) is 9.59 Å². The number of nitrogens with one attached hydrogen (secondary N) is 1. The number of carbonyl (C=O) groups is 2. The number of esters is 1. The number of ether oxygens (including phenoxy) is 2. The van der Waals surface area contributed by atoms with Crippen molar-refractivity contribution in [1.29, 1.82) is 0 Å². The van der Waals surface area contributed by atoms with Crippen LogP contribution in [0.25, 0.3) is 0 Å². The van der Waals surface area contributed by atoms with Gasteiger partial charge >= 0.3 is 5.97 Å². The average molecular weight is 403 g/mol. The van der Waals surface area contributed by atoms with Gasteiger partial charge in [-0.1, -0.05) is 46.9 Å². The Morgan fingerprint density at radius 2 is 1.72 bits per heavy atom. The third-order valence-electron chi connectivity index (χ3n) is 3.03. The molecule has 132 valence electrons. The Kier molecular flexibility index (Phi) is 6.93. The molecule has 5 nitrogen and oxygen atoms in total. The first-order valence-electron chi connectivity index (χ1n) is 7.25. The number of amides is 1. The molecule has 2 aromatic rings. The minimum atomic E-state index is -0.521. The summed E-state index contributed by atoms with van der Waals surface area (Å²) in [6.07, 6.45) is 0. The molecule has 2 aromatic carbocycles. The molecule has 0 atom stereocenters. The van der Waals surface area contributed by atoms with Crippen LogP contribution < -0.4 is 10.1 Å². The molecular formula is C17H14Cl3NO4. The van der Waals surface area contributed by atoms with Crippen molar-refractivity contribution in [1.82, 2.24) is 0 Å². The van der Waals surface area contributed by atoms with E-state index in [1.807, 2.05) is 0 Å². The number of rotatable bonds is 6. The average Bonchev–Trinajstić information content (AvgIpc) is 2.57. The molecule has 0 bridgehead atoms. The number of para-hydroxylation sites is 1. The van der Waals surface area contributed by atoms with Gasteiger partial charge in [0.1, 0.15) is 5.75 Å². The first-order valence-corrected chi connectivity index (χ1v) is 8.39. The van der Waals surface area contributed by atoms with Crippen LogP contribution in [0.5, 0.6) is 5.75 Å². The molecule has 25 heavy (non-hydrogen) atoms. The van der Waals surface area contributed by atoms with Crippen LogP contribution in [0.3, 0.4) is 0 Å². The molecule has 0 aliphatic carbocycles. The molecule has 8 heteroatoms. The minimum absolute atomic E-state index is 0.227. The number of hydrogen-bond acceptors (Lipinski definition) is 4. The third kappa shape index (κ3) is 5.26. The smallest absolute Gasteiger partial charge is 0.340 e. The fourth-order valence-corrected chi connectivity index (χ4v) is 2.51. The zero-order chi connectivity index (χ0) is 18.4. The summed E-state index contributed by atoms with van der Waals surface area (Å²) in [5.74, 6) is -0.768. The molecule has 0 unspecified atom stereocenters. The number of carbonyl (C=O) groups excluding carboxylic acids is 2. The summed E-state index contributed by atoms with van der Waals surface area (Å²) in [5, 5.41) is 3.37. The van der Waals surface area contributed by atoms with E-state index in [0.717, 1.165) is 0 Å². The first-order chi connectivity index (χ1) is 11.9. The molecule has 0 aliphatic heterocycles. The number of halogens is 3. The van der Waals surface area contributed by atoms with Crippen molar-refractivity contribution < 1.29 is 19.1 Å². The van der Waals surface area contributed by atoms with Gasteiger partial charge in [-0.3, -0.25) is 4.79 Å². The first kappa shape index (κ1) is 19.4. The molecule has 2 rings (SSSR count). The Hall–Kier alpha value is -1.95. The van der Waals surface area contributed by atoms with Crippen LogP contribution >= 0.6 is 34.8 Å². The van der Waals surface area contributed by atoms with E-state index in [2.05, 4.69) is 5.32 Å². The van der Waals surface area contributed by atoms with Crippen LogP contribution in [-0.2, 0) is 9.53 Å². The van der Waals surface area contributed by atoms with Gasteiger partial charge in [0.15, 0.2) is 6.61 Å². The summed E-state index contributed by atoms with van der Waals surface area (Å²) in [7, 11) is 0. The molecule has 0 radical (unpaired) electrons. The standard InChI is InChI=1S/C17H14Cl3NO4/c1-2-24-17(23)10-5-3-4-6-14(10)21-16(22)9-25-15-8-12(19)11(18)7-13(15)20/h3-8H,2,9H2,1H3,(H,21,22). The van der Waals surface area contributed by atoms with Crippen LogP contribution in [-0.4, -0.2) is 25.1 Å².